The lowest BCUT2D eigenvalue weighted by Crippen LogP contribution is -2.26. The van der Waals surface area contributed by atoms with Gasteiger partial charge >= 0.3 is 0 Å². The Kier molecular flexibility index (Phi) is 3.26. The molecule has 5 heteroatoms. The number of benzene rings is 1. The van der Waals surface area contributed by atoms with Gasteiger partial charge in [0, 0.05) is 11.8 Å². The van der Waals surface area contributed by atoms with Crippen LogP contribution in [0.3, 0.4) is 0 Å². The summed E-state index contributed by atoms with van der Waals surface area (Å²) in [6, 6.07) is 5.26. The zero-order valence-electron chi connectivity index (χ0n) is 8.60. The van der Waals surface area contributed by atoms with E-state index in [9.17, 15) is 13.2 Å². The summed E-state index contributed by atoms with van der Waals surface area (Å²) >= 11 is 0. The van der Waals surface area contributed by atoms with Gasteiger partial charge in [0.1, 0.15) is 0 Å². The molecule has 0 bridgehead atoms. The predicted octanol–water partition coefficient (Wildman–Crippen LogP) is 0.620. The standard InChI is InChI=1S/C10H13NO3S/c1-7(11)10(12)8-4-3-5-9(6-8)15(2,13)14/h3-7H,11H2,1-2H3. The molecule has 0 aliphatic heterocycles. The fraction of sp³-hybridized carbons (Fsp3) is 0.300. The van der Waals surface area contributed by atoms with Gasteiger partial charge in [0.05, 0.1) is 10.9 Å². The van der Waals surface area contributed by atoms with Gasteiger partial charge in [-0.2, -0.15) is 0 Å². The summed E-state index contributed by atoms with van der Waals surface area (Å²) in [5.41, 5.74) is 5.75. The van der Waals surface area contributed by atoms with Gasteiger partial charge in [-0.3, -0.25) is 4.79 Å². The van der Waals surface area contributed by atoms with E-state index in [-0.39, 0.29) is 10.7 Å². The number of carbonyl (C=O) groups is 1. The van der Waals surface area contributed by atoms with E-state index >= 15 is 0 Å². The molecule has 1 aromatic carbocycles. The molecular weight excluding hydrogens is 214 g/mol. The zero-order chi connectivity index (χ0) is 11.6. The molecule has 1 rings (SSSR count). The minimum Gasteiger partial charge on any atom is -0.321 e. The van der Waals surface area contributed by atoms with Crippen molar-refractivity contribution in [1.29, 1.82) is 0 Å². The SMILES string of the molecule is CC(N)C(=O)c1cccc(S(C)(=O)=O)c1. The minimum absolute atomic E-state index is 0.133. The van der Waals surface area contributed by atoms with E-state index in [1.54, 1.807) is 13.0 Å². The molecule has 1 aromatic rings. The quantitative estimate of drug-likeness (QED) is 0.768. The molecule has 15 heavy (non-hydrogen) atoms. The smallest absolute Gasteiger partial charge is 0.179 e. The van der Waals surface area contributed by atoms with Gasteiger partial charge in [0.25, 0.3) is 0 Å². The molecule has 82 valence electrons. The molecule has 0 fully saturated rings. The molecular formula is C10H13NO3S. The maximum atomic E-state index is 11.5. The van der Waals surface area contributed by atoms with Gasteiger partial charge in [0.2, 0.25) is 0 Å². The van der Waals surface area contributed by atoms with Crippen molar-refractivity contribution >= 4 is 15.6 Å². The van der Waals surface area contributed by atoms with Crippen LogP contribution < -0.4 is 5.73 Å². The summed E-state index contributed by atoms with van der Waals surface area (Å²) in [5.74, 6) is -0.263. The summed E-state index contributed by atoms with van der Waals surface area (Å²) in [5, 5.41) is 0. The van der Waals surface area contributed by atoms with Crippen molar-refractivity contribution in [3.63, 3.8) is 0 Å². The summed E-state index contributed by atoms with van der Waals surface area (Å²) in [4.78, 5) is 11.6. The Balaban J connectivity index is 3.20. The van der Waals surface area contributed by atoms with Crippen molar-refractivity contribution < 1.29 is 13.2 Å². The van der Waals surface area contributed by atoms with Crippen LogP contribution >= 0.6 is 0 Å². The second-order valence-electron chi connectivity index (χ2n) is 3.45. The van der Waals surface area contributed by atoms with Gasteiger partial charge in [0.15, 0.2) is 15.6 Å². The number of Topliss-reactive ketones (excluding diaryl/α,β-unsaturated/α-hetero) is 1. The number of hydrogen-bond acceptors (Lipinski definition) is 4. The monoisotopic (exact) mass is 227 g/mol. The highest BCUT2D eigenvalue weighted by Crippen LogP contribution is 2.12. The molecule has 1 atom stereocenters. The zero-order valence-corrected chi connectivity index (χ0v) is 9.41. The molecule has 4 nitrogen and oxygen atoms in total. The molecule has 0 aliphatic rings. The summed E-state index contributed by atoms with van der Waals surface area (Å²) < 4.78 is 22.5. The Bertz CT molecular complexity index is 477. The predicted molar refractivity (Wildman–Crippen MR) is 57.5 cm³/mol. The van der Waals surface area contributed by atoms with E-state index in [0.717, 1.165) is 6.26 Å². The summed E-state index contributed by atoms with van der Waals surface area (Å²) in [6.07, 6.45) is 1.10. The van der Waals surface area contributed by atoms with Crippen molar-refractivity contribution in [2.75, 3.05) is 6.26 Å². The van der Waals surface area contributed by atoms with Gasteiger partial charge in [-0.25, -0.2) is 8.42 Å². The van der Waals surface area contributed by atoms with Crippen LogP contribution in [0.4, 0.5) is 0 Å². The molecule has 0 radical (unpaired) electrons. The van der Waals surface area contributed by atoms with Crippen LogP contribution in [-0.4, -0.2) is 26.5 Å². The first kappa shape index (κ1) is 11.9. The third-order valence-electron chi connectivity index (χ3n) is 1.96. The fourth-order valence-electron chi connectivity index (χ4n) is 1.14. The molecule has 0 aliphatic carbocycles. The van der Waals surface area contributed by atoms with Gasteiger partial charge in [-0.1, -0.05) is 12.1 Å². The average molecular weight is 227 g/mol. The van der Waals surface area contributed by atoms with Crippen molar-refractivity contribution in [1.82, 2.24) is 0 Å². The molecule has 0 amide bonds. The number of hydrogen-bond donors (Lipinski definition) is 1. The van der Waals surface area contributed by atoms with Crippen LogP contribution in [0.1, 0.15) is 17.3 Å². The number of ketones is 1. The third kappa shape index (κ3) is 2.87. The average Bonchev–Trinajstić information content (AvgIpc) is 2.15. The number of rotatable bonds is 3. The molecule has 0 saturated carbocycles. The van der Waals surface area contributed by atoms with Crippen molar-refractivity contribution in [2.45, 2.75) is 17.9 Å². The Hall–Kier alpha value is -1.20. The first-order chi connectivity index (χ1) is 6.82. The number of nitrogens with two attached hydrogens (primary N) is 1. The van der Waals surface area contributed by atoms with Crippen molar-refractivity contribution in [2.24, 2.45) is 5.73 Å². The Morgan fingerprint density at radius 1 is 1.40 bits per heavy atom. The Morgan fingerprint density at radius 3 is 2.47 bits per heavy atom. The van der Waals surface area contributed by atoms with Crippen molar-refractivity contribution in [3.8, 4) is 0 Å². The fourth-order valence-corrected chi connectivity index (χ4v) is 1.81. The largest absolute Gasteiger partial charge is 0.321 e. The van der Waals surface area contributed by atoms with Gasteiger partial charge < -0.3 is 5.73 Å². The molecule has 0 spiro atoms. The van der Waals surface area contributed by atoms with Crippen LogP contribution in [-0.2, 0) is 9.84 Å². The normalized spacial score (nSPS) is 13.5. The first-order valence-electron chi connectivity index (χ1n) is 4.42. The Morgan fingerprint density at radius 2 is 2.00 bits per heavy atom. The van der Waals surface area contributed by atoms with Gasteiger partial charge in [-0.05, 0) is 19.1 Å². The lowest BCUT2D eigenvalue weighted by atomic mass is 10.1. The van der Waals surface area contributed by atoms with E-state index < -0.39 is 15.9 Å². The molecule has 0 heterocycles. The molecule has 0 saturated heterocycles. The third-order valence-corrected chi connectivity index (χ3v) is 3.07. The second kappa shape index (κ2) is 4.12. The van der Waals surface area contributed by atoms with Crippen LogP contribution in [0, 0.1) is 0 Å². The maximum absolute atomic E-state index is 11.5. The highest BCUT2D eigenvalue weighted by atomic mass is 32.2. The number of carbonyl (C=O) groups excluding carboxylic acids is 1. The van der Waals surface area contributed by atoms with Crippen LogP contribution in [0.15, 0.2) is 29.2 Å². The Labute approximate surface area is 89.0 Å². The molecule has 1 unspecified atom stereocenters. The highest BCUT2D eigenvalue weighted by Gasteiger charge is 2.13. The first-order valence-corrected chi connectivity index (χ1v) is 6.31. The summed E-state index contributed by atoms with van der Waals surface area (Å²) in [6.45, 7) is 1.56. The van der Waals surface area contributed by atoms with E-state index in [1.807, 2.05) is 0 Å². The summed E-state index contributed by atoms with van der Waals surface area (Å²) in [7, 11) is -3.28. The second-order valence-corrected chi connectivity index (χ2v) is 5.47. The molecule has 0 aromatic heterocycles. The highest BCUT2D eigenvalue weighted by molar-refractivity contribution is 7.90. The lowest BCUT2D eigenvalue weighted by molar-refractivity contribution is 0.0968. The van der Waals surface area contributed by atoms with E-state index in [1.165, 1.54) is 18.2 Å². The van der Waals surface area contributed by atoms with Crippen LogP contribution in [0.25, 0.3) is 0 Å². The number of sulfone groups is 1. The minimum atomic E-state index is -3.28. The topological polar surface area (TPSA) is 77.2 Å². The van der Waals surface area contributed by atoms with Gasteiger partial charge in [-0.15, -0.1) is 0 Å². The lowest BCUT2D eigenvalue weighted by Gasteiger charge is -2.05. The van der Waals surface area contributed by atoms with Crippen LogP contribution in [0.5, 0.6) is 0 Å². The van der Waals surface area contributed by atoms with E-state index in [4.69, 9.17) is 5.73 Å². The van der Waals surface area contributed by atoms with Crippen LogP contribution in [0.2, 0.25) is 0 Å². The van der Waals surface area contributed by atoms with Crippen molar-refractivity contribution in [3.05, 3.63) is 29.8 Å². The molecule has 2 N–H and O–H groups in total. The maximum Gasteiger partial charge on any atom is 0.179 e. The van der Waals surface area contributed by atoms with E-state index in [2.05, 4.69) is 0 Å². The van der Waals surface area contributed by atoms with E-state index in [0.29, 0.717) is 5.56 Å².